The van der Waals surface area contributed by atoms with Crippen LogP contribution in [0.1, 0.15) is 33.6 Å². The van der Waals surface area contributed by atoms with Gasteiger partial charge in [0.15, 0.2) is 0 Å². The lowest BCUT2D eigenvalue weighted by molar-refractivity contribution is 0.133. The predicted octanol–water partition coefficient (Wildman–Crippen LogP) is 2.03. The summed E-state index contributed by atoms with van der Waals surface area (Å²) in [6.07, 6.45) is 2.90. The van der Waals surface area contributed by atoms with Crippen molar-refractivity contribution in [3.05, 3.63) is 0 Å². The molecule has 2 aliphatic rings. The molecule has 1 nitrogen and oxygen atoms in total. The first-order valence-corrected chi connectivity index (χ1v) is 4.82. The van der Waals surface area contributed by atoms with Gasteiger partial charge in [0, 0.05) is 6.04 Å². The molecule has 0 amide bonds. The molecule has 3 unspecified atom stereocenters. The van der Waals surface area contributed by atoms with Gasteiger partial charge in [0.05, 0.1) is 0 Å². The Morgan fingerprint density at radius 2 is 1.91 bits per heavy atom. The maximum atomic E-state index is 3.61. The third kappa shape index (κ3) is 1.10. The largest absolute Gasteiger partial charge is 0.313 e. The van der Waals surface area contributed by atoms with E-state index in [1.54, 1.807) is 0 Å². The van der Waals surface area contributed by atoms with Crippen molar-refractivity contribution in [3.63, 3.8) is 0 Å². The minimum atomic E-state index is 0.521. The molecule has 1 aliphatic carbocycles. The Morgan fingerprint density at radius 3 is 2.18 bits per heavy atom. The van der Waals surface area contributed by atoms with E-state index in [0.717, 1.165) is 17.9 Å². The van der Waals surface area contributed by atoms with Crippen molar-refractivity contribution in [1.82, 2.24) is 5.32 Å². The maximum absolute atomic E-state index is 3.61. The number of fused-ring (bicyclic) bond motifs is 1. The molecule has 1 saturated carbocycles. The molecule has 0 bridgehead atoms. The van der Waals surface area contributed by atoms with Gasteiger partial charge < -0.3 is 5.32 Å². The van der Waals surface area contributed by atoms with Crippen molar-refractivity contribution < 1.29 is 0 Å². The molecule has 1 heterocycles. The fraction of sp³-hybridized carbons (Fsp3) is 1.00. The van der Waals surface area contributed by atoms with Crippen LogP contribution in [0.4, 0.5) is 0 Å². The Kier molecular flexibility index (Phi) is 1.54. The number of rotatable bonds is 0. The summed E-state index contributed by atoms with van der Waals surface area (Å²) in [5, 5.41) is 3.61. The van der Waals surface area contributed by atoms with Crippen LogP contribution < -0.4 is 5.32 Å². The molecule has 1 N–H and O–H groups in total. The van der Waals surface area contributed by atoms with E-state index in [0.29, 0.717) is 5.41 Å². The van der Waals surface area contributed by atoms with E-state index >= 15 is 0 Å². The Hall–Kier alpha value is -0.0400. The summed E-state index contributed by atoms with van der Waals surface area (Å²) in [4.78, 5) is 0. The van der Waals surface area contributed by atoms with E-state index in [2.05, 4.69) is 26.1 Å². The second-order valence-electron chi connectivity index (χ2n) is 5.23. The third-order valence-electron chi connectivity index (χ3n) is 3.56. The molecule has 0 aromatic heterocycles. The van der Waals surface area contributed by atoms with Crippen LogP contribution in [0.15, 0.2) is 0 Å². The molecular weight excluding hydrogens is 134 g/mol. The van der Waals surface area contributed by atoms with Gasteiger partial charge in [-0.3, -0.25) is 0 Å². The molecule has 3 atom stereocenters. The second kappa shape index (κ2) is 2.22. The van der Waals surface area contributed by atoms with Gasteiger partial charge in [-0.05, 0) is 36.6 Å². The smallest absolute Gasteiger partial charge is 0.00988 e. The minimum Gasteiger partial charge on any atom is -0.313 e. The zero-order chi connectivity index (χ0) is 8.06. The highest BCUT2D eigenvalue weighted by Gasteiger charge is 2.46. The van der Waals surface area contributed by atoms with Crippen LogP contribution >= 0.6 is 0 Å². The van der Waals surface area contributed by atoms with E-state index in [-0.39, 0.29) is 0 Å². The highest BCUT2D eigenvalue weighted by Crippen LogP contribution is 2.46. The minimum absolute atomic E-state index is 0.521. The Bertz CT molecular complexity index is 157. The fourth-order valence-electron chi connectivity index (χ4n) is 2.64. The van der Waals surface area contributed by atoms with Crippen LogP contribution in [0, 0.1) is 17.3 Å². The molecule has 0 aromatic carbocycles. The quantitative estimate of drug-likeness (QED) is 0.561. The maximum Gasteiger partial charge on any atom is 0.00988 e. The van der Waals surface area contributed by atoms with Crippen molar-refractivity contribution in [2.75, 3.05) is 6.54 Å². The number of nitrogens with one attached hydrogen (secondary N) is 1. The summed E-state index contributed by atoms with van der Waals surface area (Å²) < 4.78 is 0. The molecule has 0 spiro atoms. The van der Waals surface area contributed by atoms with Crippen molar-refractivity contribution in [1.29, 1.82) is 0 Å². The zero-order valence-corrected chi connectivity index (χ0v) is 7.85. The predicted molar refractivity (Wildman–Crippen MR) is 47.5 cm³/mol. The van der Waals surface area contributed by atoms with Crippen LogP contribution in [-0.4, -0.2) is 12.6 Å². The average Bonchev–Trinajstić information content (AvgIpc) is 2.05. The van der Waals surface area contributed by atoms with Crippen LogP contribution in [0.5, 0.6) is 0 Å². The summed E-state index contributed by atoms with van der Waals surface area (Å²) in [5.41, 5.74) is 0.521. The molecular formula is C10H19N. The lowest BCUT2D eigenvalue weighted by Crippen LogP contribution is -2.38. The first-order chi connectivity index (χ1) is 5.09. The van der Waals surface area contributed by atoms with Gasteiger partial charge in [0.2, 0.25) is 0 Å². The second-order valence-corrected chi connectivity index (χ2v) is 5.23. The average molecular weight is 153 g/mol. The normalized spacial score (nSPS) is 43.4. The van der Waals surface area contributed by atoms with Gasteiger partial charge in [-0.15, -0.1) is 0 Å². The zero-order valence-electron chi connectivity index (χ0n) is 7.85. The van der Waals surface area contributed by atoms with Gasteiger partial charge in [0.25, 0.3) is 0 Å². The Morgan fingerprint density at radius 1 is 1.18 bits per heavy atom. The third-order valence-corrected chi connectivity index (χ3v) is 3.56. The van der Waals surface area contributed by atoms with Crippen molar-refractivity contribution >= 4 is 0 Å². The van der Waals surface area contributed by atoms with Gasteiger partial charge >= 0.3 is 0 Å². The van der Waals surface area contributed by atoms with E-state index in [4.69, 9.17) is 0 Å². The van der Waals surface area contributed by atoms with Crippen molar-refractivity contribution in [2.45, 2.75) is 39.7 Å². The van der Waals surface area contributed by atoms with Crippen LogP contribution in [-0.2, 0) is 0 Å². The molecule has 1 aliphatic heterocycles. The van der Waals surface area contributed by atoms with Gasteiger partial charge in [-0.25, -0.2) is 0 Å². The standard InChI is InChI=1S/C10H19N/c1-10(2,3)8-6-11-9-5-4-7(8)9/h7-9,11H,4-6H2,1-3H3. The highest BCUT2D eigenvalue weighted by atomic mass is 15.0. The van der Waals surface area contributed by atoms with Crippen LogP contribution in [0.3, 0.4) is 0 Å². The van der Waals surface area contributed by atoms with Crippen LogP contribution in [0.2, 0.25) is 0 Å². The summed E-state index contributed by atoms with van der Waals surface area (Å²) in [7, 11) is 0. The van der Waals surface area contributed by atoms with E-state index < -0.39 is 0 Å². The summed E-state index contributed by atoms with van der Waals surface area (Å²) >= 11 is 0. The van der Waals surface area contributed by atoms with Crippen molar-refractivity contribution in [2.24, 2.45) is 17.3 Å². The van der Waals surface area contributed by atoms with E-state index in [1.165, 1.54) is 19.4 Å². The van der Waals surface area contributed by atoms with Gasteiger partial charge in [-0.1, -0.05) is 20.8 Å². The fourth-order valence-corrected chi connectivity index (χ4v) is 2.64. The molecule has 2 rings (SSSR count). The van der Waals surface area contributed by atoms with E-state index in [9.17, 15) is 0 Å². The Labute approximate surface area is 69.6 Å². The molecule has 1 heteroatoms. The summed E-state index contributed by atoms with van der Waals surface area (Å²) in [6, 6.07) is 0.888. The van der Waals surface area contributed by atoms with E-state index in [1.807, 2.05) is 0 Å². The highest BCUT2D eigenvalue weighted by molar-refractivity contribution is 5.01. The van der Waals surface area contributed by atoms with Gasteiger partial charge in [0.1, 0.15) is 0 Å². The molecule has 64 valence electrons. The molecule has 2 fully saturated rings. The summed E-state index contributed by atoms with van der Waals surface area (Å²) in [5.74, 6) is 1.94. The topological polar surface area (TPSA) is 12.0 Å². The first kappa shape index (κ1) is 7.60. The monoisotopic (exact) mass is 153 g/mol. The lowest BCUT2D eigenvalue weighted by Gasteiger charge is -2.39. The first-order valence-electron chi connectivity index (χ1n) is 4.82. The van der Waals surface area contributed by atoms with Crippen molar-refractivity contribution in [3.8, 4) is 0 Å². The summed E-state index contributed by atoms with van der Waals surface area (Å²) in [6.45, 7) is 8.39. The molecule has 0 aromatic rings. The Balaban J connectivity index is 2.05. The molecule has 11 heavy (non-hydrogen) atoms. The van der Waals surface area contributed by atoms with Gasteiger partial charge in [-0.2, -0.15) is 0 Å². The SMILES string of the molecule is CC(C)(C)C1CNC2CCC21. The molecule has 1 saturated heterocycles. The lowest BCUT2D eigenvalue weighted by atomic mass is 9.66. The number of hydrogen-bond acceptors (Lipinski definition) is 1. The van der Waals surface area contributed by atoms with Crippen LogP contribution in [0.25, 0.3) is 0 Å². The molecule has 0 radical (unpaired) electrons. The number of hydrogen-bond donors (Lipinski definition) is 1.